The third-order valence-corrected chi connectivity index (χ3v) is 8.70. The Morgan fingerprint density at radius 1 is 0.740 bits per heavy atom. The van der Waals surface area contributed by atoms with E-state index in [-0.39, 0.29) is 13.0 Å². The molecule has 0 bridgehead atoms. The molecule has 3 N–H and O–H groups in total. The molecule has 9 heteroatoms. The van der Waals surface area contributed by atoms with Crippen molar-refractivity contribution in [2.45, 2.75) is 43.7 Å². The highest BCUT2D eigenvalue weighted by Crippen LogP contribution is 2.35. The molecule has 50 heavy (non-hydrogen) atoms. The lowest BCUT2D eigenvalue weighted by Crippen LogP contribution is -2.74. The fourth-order valence-electron chi connectivity index (χ4n) is 5.94. The van der Waals surface area contributed by atoms with Gasteiger partial charge >= 0.3 is 12.1 Å². The van der Waals surface area contributed by atoms with E-state index in [0.717, 1.165) is 22.3 Å². The highest BCUT2D eigenvalue weighted by molar-refractivity contribution is 5.99. The zero-order valence-electron chi connectivity index (χ0n) is 27.5. The lowest BCUT2D eigenvalue weighted by atomic mass is 9.78. The summed E-state index contributed by atoms with van der Waals surface area (Å²) in [4.78, 5) is 53.3. The molecular weight excluding hydrogens is 630 g/mol. The van der Waals surface area contributed by atoms with Gasteiger partial charge in [0.1, 0.15) is 18.2 Å². The van der Waals surface area contributed by atoms with Crippen molar-refractivity contribution in [2.24, 2.45) is 0 Å². The number of esters is 1. The second-order valence-electron chi connectivity index (χ2n) is 12.3. The van der Waals surface area contributed by atoms with E-state index in [1.165, 1.54) is 0 Å². The maximum absolute atomic E-state index is 13.8. The topological polar surface area (TPSA) is 123 Å². The number of rotatable bonds is 12. The van der Waals surface area contributed by atoms with Crippen LogP contribution in [0.1, 0.15) is 57.2 Å². The summed E-state index contributed by atoms with van der Waals surface area (Å²) < 4.78 is 11.5. The molecule has 0 aliphatic carbocycles. The SMILES string of the molecule is C[C@@]1(NC(=O)[C@H](Cc2ccccc2)NC(=O)OCc2ccccc2)C(=O)N[C@H]1c1cccc(C(=O)OC(c2ccccc2)c2ccccc2)c1. The summed E-state index contributed by atoms with van der Waals surface area (Å²) in [6.07, 6.45) is -1.23. The standard InChI is InChI=1S/C41H37N3O6/c1-41(44-37(45)34(25-28-15-6-2-7-16-28)42-40(48)49-27-29-17-8-3-9-18-29)36(43-39(41)47)32-23-14-24-33(26-32)38(46)50-35(30-19-10-4-11-20-30)31-21-12-5-13-22-31/h2-24,26,34-36H,25,27H2,1H3,(H,42,48)(H,43,47)(H,44,45)/t34-,36-,41-/m0/s1. The minimum absolute atomic E-state index is 0.0325. The Bertz CT molecular complexity index is 1900. The summed E-state index contributed by atoms with van der Waals surface area (Å²) in [5, 5.41) is 8.42. The Kier molecular flexibility index (Phi) is 10.3. The van der Waals surface area contributed by atoms with Crippen molar-refractivity contribution in [3.63, 3.8) is 0 Å². The predicted octanol–water partition coefficient (Wildman–Crippen LogP) is 6.22. The summed E-state index contributed by atoms with van der Waals surface area (Å²) in [5.74, 6) is -1.50. The molecule has 1 fully saturated rings. The van der Waals surface area contributed by atoms with Crippen LogP contribution in [-0.4, -0.2) is 35.5 Å². The molecule has 1 heterocycles. The molecular formula is C41H37N3O6. The Balaban J connectivity index is 1.17. The van der Waals surface area contributed by atoms with Gasteiger partial charge in [-0.05, 0) is 46.9 Å². The maximum atomic E-state index is 13.8. The molecule has 5 aromatic carbocycles. The molecule has 0 radical (unpaired) electrons. The number of carbonyl (C=O) groups excluding carboxylic acids is 4. The second-order valence-corrected chi connectivity index (χ2v) is 12.3. The lowest BCUT2D eigenvalue weighted by molar-refractivity contribution is -0.144. The molecule has 6 rings (SSSR count). The molecule has 3 amide bonds. The molecule has 3 atom stereocenters. The van der Waals surface area contributed by atoms with Gasteiger partial charge in [0.2, 0.25) is 11.8 Å². The van der Waals surface area contributed by atoms with E-state index in [4.69, 9.17) is 9.47 Å². The molecule has 0 unspecified atom stereocenters. The summed E-state index contributed by atoms with van der Waals surface area (Å²) in [5.41, 5.74) is 2.79. The number of ether oxygens (including phenoxy) is 2. The summed E-state index contributed by atoms with van der Waals surface area (Å²) in [6.45, 7) is 1.65. The van der Waals surface area contributed by atoms with Gasteiger partial charge in [-0.3, -0.25) is 9.59 Å². The van der Waals surface area contributed by atoms with Crippen molar-refractivity contribution in [1.29, 1.82) is 0 Å². The molecule has 0 spiro atoms. The van der Waals surface area contributed by atoms with E-state index < -0.39 is 47.6 Å². The van der Waals surface area contributed by atoms with Gasteiger partial charge in [-0.25, -0.2) is 9.59 Å². The van der Waals surface area contributed by atoms with Gasteiger partial charge in [-0.15, -0.1) is 0 Å². The Hall–Kier alpha value is -6.22. The Morgan fingerprint density at radius 3 is 1.88 bits per heavy atom. The quantitative estimate of drug-likeness (QED) is 0.107. The van der Waals surface area contributed by atoms with Crippen molar-refractivity contribution >= 4 is 23.9 Å². The number of hydrogen-bond donors (Lipinski definition) is 3. The summed E-state index contributed by atoms with van der Waals surface area (Å²) in [6, 6.07) is 42.5. The first-order chi connectivity index (χ1) is 24.3. The van der Waals surface area contributed by atoms with E-state index in [9.17, 15) is 19.2 Å². The van der Waals surface area contributed by atoms with Gasteiger partial charge in [0, 0.05) is 6.42 Å². The molecule has 0 aromatic heterocycles. The van der Waals surface area contributed by atoms with Gasteiger partial charge in [-0.1, -0.05) is 133 Å². The molecule has 9 nitrogen and oxygen atoms in total. The normalized spacial score (nSPS) is 17.1. The highest BCUT2D eigenvalue weighted by Gasteiger charge is 2.53. The van der Waals surface area contributed by atoms with Crippen LogP contribution in [-0.2, 0) is 32.1 Å². The van der Waals surface area contributed by atoms with Gasteiger partial charge < -0.3 is 25.4 Å². The van der Waals surface area contributed by atoms with E-state index >= 15 is 0 Å². The fourth-order valence-corrected chi connectivity index (χ4v) is 5.94. The van der Waals surface area contributed by atoms with Crippen LogP contribution in [0.5, 0.6) is 0 Å². The van der Waals surface area contributed by atoms with Crippen molar-refractivity contribution in [3.05, 3.63) is 179 Å². The third kappa shape index (κ3) is 7.90. The lowest BCUT2D eigenvalue weighted by Gasteiger charge is -2.47. The van der Waals surface area contributed by atoms with Crippen LogP contribution in [0.4, 0.5) is 4.79 Å². The Labute approximate surface area is 290 Å². The Morgan fingerprint density at radius 2 is 1.30 bits per heavy atom. The number of amides is 3. The zero-order chi connectivity index (χ0) is 34.9. The van der Waals surface area contributed by atoms with Crippen LogP contribution in [0.25, 0.3) is 0 Å². The van der Waals surface area contributed by atoms with E-state index in [2.05, 4.69) is 16.0 Å². The number of carbonyl (C=O) groups is 4. The van der Waals surface area contributed by atoms with Crippen molar-refractivity contribution < 1.29 is 28.7 Å². The smallest absolute Gasteiger partial charge is 0.408 e. The molecule has 0 saturated carbocycles. The van der Waals surface area contributed by atoms with Crippen LogP contribution in [0.15, 0.2) is 146 Å². The zero-order valence-corrected chi connectivity index (χ0v) is 27.5. The summed E-state index contributed by atoms with van der Waals surface area (Å²) >= 11 is 0. The number of β-lactam (4-membered cyclic amide) rings is 1. The average Bonchev–Trinajstić information content (AvgIpc) is 3.16. The molecule has 1 aliphatic rings. The minimum Gasteiger partial charge on any atom is -0.449 e. The van der Waals surface area contributed by atoms with E-state index in [0.29, 0.717) is 11.1 Å². The van der Waals surface area contributed by atoms with Crippen LogP contribution in [0.3, 0.4) is 0 Å². The third-order valence-electron chi connectivity index (χ3n) is 8.70. The number of hydrogen-bond acceptors (Lipinski definition) is 6. The van der Waals surface area contributed by atoms with Gasteiger partial charge in [-0.2, -0.15) is 0 Å². The molecule has 1 saturated heterocycles. The predicted molar refractivity (Wildman–Crippen MR) is 188 cm³/mol. The van der Waals surface area contributed by atoms with Crippen LogP contribution < -0.4 is 16.0 Å². The molecule has 252 valence electrons. The van der Waals surface area contributed by atoms with Crippen molar-refractivity contribution in [2.75, 3.05) is 0 Å². The van der Waals surface area contributed by atoms with Crippen molar-refractivity contribution in [3.8, 4) is 0 Å². The van der Waals surface area contributed by atoms with Crippen molar-refractivity contribution in [1.82, 2.24) is 16.0 Å². The van der Waals surface area contributed by atoms with Crippen LogP contribution >= 0.6 is 0 Å². The van der Waals surface area contributed by atoms with Gasteiger partial charge in [0.05, 0.1) is 11.6 Å². The summed E-state index contributed by atoms with van der Waals surface area (Å²) in [7, 11) is 0. The first-order valence-electron chi connectivity index (χ1n) is 16.3. The first kappa shape index (κ1) is 33.7. The fraction of sp³-hybridized carbons (Fsp3) is 0.171. The number of benzene rings is 5. The van der Waals surface area contributed by atoms with E-state index in [1.54, 1.807) is 31.2 Å². The molecule has 1 aliphatic heterocycles. The van der Waals surface area contributed by atoms with E-state index in [1.807, 2.05) is 121 Å². The van der Waals surface area contributed by atoms with Gasteiger partial charge in [0.25, 0.3) is 0 Å². The van der Waals surface area contributed by atoms with Crippen LogP contribution in [0, 0.1) is 0 Å². The highest BCUT2D eigenvalue weighted by atomic mass is 16.5. The maximum Gasteiger partial charge on any atom is 0.408 e. The largest absolute Gasteiger partial charge is 0.449 e. The number of alkyl carbamates (subject to hydrolysis) is 1. The first-order valence-corrected chi connectivity index (χ1v) is 16.3. The second kappa shape index (κ2) is 15.3. The molecule has 5 aromatic rings. The number of nitrogens with one attached hydrogen (secondary N) is 3. The average molecular weight is 668 g/mol. The minimum atomic E-state index is -1.37. The monoisotopic (exact) mass is 667 g/mol. The van der Waals surface area contributed by atoms with Gasteiger partial charge in [0.15, 0.2) is 6.10 Å². The van der Waals surface area contributed by atoms with Crippen LogP contribution in [0.2, 0.25) is 0 Å².